The summed E-state index contributed by atoms with van der Waals surface area (Å²) in [6.45, 7) is 1.85. The molecular formula is C14H19N3. The maximum absolute atomic E-state index is 4.58. The van der Waals surface area contributed by atoms with Gasteiger partial charge in [-0.25, -0.2) is 0 Å². The Kier molecular flexibility index (Phi) is 2.99. The van der Waals surface area contributed by atoms with Crippen LogP contribution in [0.1, 0.15) is 24.8 Å². The average Bonchev–Trinajstić information content (AvgIpc) is 2.85. The third-order valence-electron chi connectivity index (χ3n) is 3.77. The fourth-order valence-corrected chi connectivity index (χ4v) is 2.76. The topological polar surface area (TPSA) is 36.4 Å². The minimum atomic E-state index is 0.658. The van der Waals surface area contributed by atoms with Gasteiger partial charge in [-0.3, -0.25) is 4.99 Å². The Bertz CT molecular complexity index is 399. The summed E-state index contributed by atoms with van der Waals surface area (Å²) in [4.78, 5) is 4.58. The summed E-state index contributed by atoms with van der Waals surface area (Å²) in [5.74, 6) is 1.76. The second kappa shape index (κ2) is 4.78. The quantitative estimate of drug-likeness (QED) is 0.812. The van der Waals surface area contributed by atoms with Crippen LogP contribution in [0.25, 0.3) is 0 Å². The van der Waals surface area contributed by atoms with E-state index >= 15 is 0 Å². The molecule has 3 nitrogen and oxygen atoms in total. The van der Waals surface area contributed by atoms with Crippen LogP contribution in [0.5, 0.6) is 0 Å². The second-order valence-electron chi connectivity index (χ2n) is 4.97. The lowest BCUT2D eigenvalue weighted by atomic mass is 10.0. The first-order valence-electron chi connectivity index (χ1n) is 6.50. The molecule has 1 aromatic carbocycles. The van der Waals surface area contributed by atoms with Crippen molar-refractivity contribution in [3.63, 3.8) is 0 Å². The van der Waals surface area contributed by atoms with E-state index in [1.54, 1.807) is 0 Å². The van der Waals surface area contributed by atoms with E-state index in [4.69, 9.17) is 0 Å². The van der Waals surface area contributed by atoms with Crippen LogP contribution in [0.15, 0.2) is 35.3 Å². The zero-order valence-corrected chi connectivity index (χ0v) is 10.0. The van der Waals surface area contributed by atoms with Crippen molar-refractivity contribution in [1.29, 1.82) is 0 Å². The molecule has 2 N–H and O–H groups in total. The monoisotopic (exact) mass is 229 g/mol. The van der Waals surface area contributed by atoms with Gasteiger partial charge in [0.1, 0.15) is 0 Å². The number of hydrogen-bond donors (Lipinski definition) is 2. The zero-order chi connectivity index (χ0) is 11.5. The minimum absolute atomic E-state index is 0.658. The van der Waals surface area contributed by atoms with Crippen LogP contribution in [0.3, 0.4) is 0 Å². The smallest absolute Gasteiger partial charge is 0.191 e. The van der Waals surface area contributed by atoms with E-state index in [2.05, 4.69) is 39.9 Å². The van der Waals surface area contributed by atoms with Crippen molar-refractivity contribution < 1.29 is 0 Å². The minimum Gasteiger partial charge on any atom is -0.353 e. The molecule has 90 valence electrons. The van der Waals surface area contributed by atoms with Crippen LogP contribution >= 0.6 is 0 Å². The highest BCUT2D eigenvalue weighted by Crippen LogP contribution is 2.27. The lowest BCUT2D eigenvalue weighted by Crippen LogP contribution is -2.48. The Morgan fingerprint density at radius 2 is 2.12 bits per heavy atom. The van der Waals surface area contributed by atoms with Gasteiger partial charge in [0.05, 0.1) is 0 Å². The van der Waals surface area contributed by atoms with Crippen LogP contribution in [0.4, 0.5) is 0 Å². The highest BCUT2D eigenvalue weighted by Gasteiger charge is 2.30. The number of fused-ring (bicyclic) bond motifs is 1. The first-order valence-corrected chi connectivity index (χ1v) is 6.50. The predicted molar refractivity (Wildman–Crippen MR) is 69.8 cm³/mol. The molecule has 0 amide bonds. The van der Waals surface area contributed by atoms with E-state index in [1.165, 1.54) is 24.8 Å². The average molecular weight is 229 g/mol. The van der Waals surface area contributed by atoms with Crippen LogP contribution in [-0.4, -0.2) is 18.5 Å². The number of aliphatic imine (C=N–C) groups is 1. The van der Waals surface area contributed by atoms with Crippen molar-refractivity contribution in [2.45, 2.75) is 31.8 Å². The first-order chi connectivity index (χ1) is 8.42. The van der Waals surface area contributed by atoms with Gasteiger partial charge < -0.3 is 10.6 Å². The zero-order valence-electron chi connectivity index (χ0n) is 10.0. The highest BCUT2D eigenvalue weighted by molar-refractivity contribution is 5.80. The summed E-state index contributed by atoms with van der Waals surface area (Å²) in [5, 5.41) is 6.91. The molecule has 2 unspecified atom stereocenters. The Labute approximate surface area is 102 Å². The number of benzene rings is 1. The van der Waals surface area contributed by atoms with E-state index in [-0.39, 0.29) is 0 Å². The van der Waals surface area contributed by atoms with Crippen LogP contribution in [0.2, 0.25) is 0 Å². The van der Waals surface area contributed by atoms with Gasteiger partial charge in [-0.2, -0.15) is 0 Å². The number of nitrogens with zero attached hydrogens (tertiary/aromatic N) is 1. The van der Waals surface area contributed by atoms with Gasteiger partial charge in [-0.1, -0.05) is 36.8 Å². The predicted octanol–water partition coefficient (Wildman–Crippen LogP) is 1.90. The number of guanidine groups is 1. The highest BCUT2D eigenvalue weighted by atomic mass is 15.2. The van der Waals surface area contributed by atoms with Crippen molar-refractivity contribution in [2.24, 2.45) is 10.9 Å². The molecule has 0 spiro atoms. The molecule has 1 aliphatic heterocycles. The van der Waals surface area contributed by atoms with Gasteiger partial charge in [0.15, 0.2) is 5.96 Å². The molecule has 1 aromatic rings. The van der Waals surface area contributed by atoms with E-state index < -0.39 is 0 Å². The van der Waals surface area contributed by atoms with Gasteiger partial charge in [0.25, 0.3) is 0 Å². The van der Waals surface area contributed by atoms with Crippen molar-refractivity contribution >= 4 is 5.96 Å². The third-order valence-corrected chi connectivity index (χ3v) is 3.77. The molecule has 1 saturated carbocycles. The maximum Gasteiger partial charge on any atom is 0.191 e. The van der Waals surface area contributed by atoms with Crippen molar-refractivity contribution in [3.05, 3.63) is 35.9 Å². The molecular weight excluding hydrogens is 210 g/mol. The molecule has 0 saturated heterocycles. The van der Waals surface area contributed by atoms with E-state index in [9.17, 15) is 0 Å². The van der Waals surface area contributed by atoms with Crippen molar-refractivity contribution in [3.8, 4) is 0 Å². The third kappa shape index (κ3) is 2.43. The van der Waals surface area contributed by atoms with Crippen LogP contribution in [-0.2, 0) is 6.54 Å². The van der Waals surface area contributed by atoms with Crippen LogP contribution in [0, 0.1) is 5.92 Å². The van der Waals surface area contributed by atoms with Gasteiger partial charge in [-0.05, 0) is 24.3 Å². The second-order valence-corrected chi connectivity index (χ2v) is 4.97. The summed E-state index contributed by atoms with van der Waals surface area (Å²) in [5.41, 5.74) is 1.30. The molecule has 0 radical (unpaired) electrons. The van der Waals surface area contributed by atoms with E-state index in [0.717, 1.165) is 25.0 Å². The SMILES string of the molecule is c1ccc(CNC2=NCC3CCCC3N2)cc1. The molecule has 0 aromatic heterocycles. The van der Waals surface area contributed by atoms with Gasteiger partial charge in [-0.15, -0.1) is 0 Å². The molecule has 2 aliphatic rings. The number of nitrogens with one attached hydrogen (secondary N) is 2. The Morgan fingerprint density at radius 1 is 1.24 bits per heavy atom. The number of rotatable bonds is 2. The van der Waals surface area contributed by atoms with Gasteiger partial charge >= 0.3 is 0 Å². The normalized spacial score (nSPS) is 26.9. The van der Waals surface area contributed by atoms with Crippen LogP contribution < -0.4 is 10.6 Å². The first kappa shape index (κ1) is 10.6. The molecule has 17 heavy (non-hydrogen) atoms. The van der Waals surface area contributed by atoms with Crippen molar-refractivity contribution in [2.75, 3.05) is 6.54 Å². The molecule has 1 heterocycles. The molecule has 0 bridgehead atoms. The summed E-state index contributed by atoms with van der Waals surface area (Å²) in [6, 6.07) is 11.1. The standard InChI is InChI=1S/C14H19N3/c1-2-5-11(6-3-1)9-15-14-16-10-12-7-4-8-13(12)17-14/h1-3,5-6,12-13H,4,7-10H2,(H2,15,16,17). The molecule has 1 aliphatic carbocycles. The fraction of sp³-hybridized carbons (Fsp3) is 0.500. The Balaban J connectivity index is 1.56. The Hall–Kier alpha value is -1.51. The number of hydrogen-bond acceptors (Lipinski definition) is 3. The summed E-state index contributed by atoms with van der Waals surface area (Å²) >= 11 is 0. The molecule has 3 heteroatoms. The van der Waals surface area contributed by atoms with E-state index in [1.807, 2.05) is 6.07 Å². The lowest BCUT2D eigenvalue weighted by Gasteiger charge is -2.27. The van der Waals surface area contributed by atoms with Gasteiger partial charge in [0.2, 0.25) is 0 Å². The summed E-state index contributed by atoms with van der Waals surface area (Å²) < 4.78 is 0. The largest absolute Gasteiger partial charge is 0.353 e. The summed E-state index contributed by atoms with van der Waals surface area (Å²) in [7, 11) is 0. The van der Waals surface area contributed by atoms with E-state index in [0.29, 0.717) is 6.04 Å². The fourth-order valence-electron chi connectivity index (χ4n) is 2.76. The molecule has 3 rings (SSSR count). The van der Waals surface area contributed by atoms with Gasteiger partial charge in [0, 0.05) is 19.1 Å². The Morgan fingerprint density at radius 3 is 3.00 bits per heavy atom. The molecule has 1 fully saturated rings. The maximum atomic E-state index is 4.58. The molecule has 2 atom stereocenters. The lowest BCUT2D eigenvalue weighted by molar-refractivity contribution is 0.431. The summed E-state index contributed by atoms with van der Waals surface area (Å²) in [6.07, 6.45) is 3.99. The van der Waals surface area contributed by atoms with Crippen molar-refractivity contribution in [1.82, 2.24) is 10.6 Å².